The van der Waals surface area contributed by atoms with Gasteiger partial charge in [-0.05, 0) is 54.9 Å². The third-order valence-corrected chi connectivity index (χ3v) is 2.85. The molecule has 0 aliphatic carbocycles. The van der Waals surface area contributed by atoms with Crippen molar-refractivity contribution in [1.29, 1.82) is 0 Å². The van der Waals surface area contributed by atoms with Gasteiger partial charge in [0, 0.05) is 18.2 Å². The van der Waals surface area contributed by atoms with Gasteiger partial charge < -0.3 is 14.8 Å². The topological polar surface area (TPSA) is 47.6 Å². The van der Waals surface area contributed by atoms with E-state index in [1.807, 2.05) is 20.8 Å². The lowest BCUT2D eigenvalue weighted by atomic mass is 10.1. The van der Waals surface area contributed by atoms with Gasteiger partial charge in [-0.3, -0.25) is 4.79 Å². The summed E-state index contributed by atoms with van der Waals surface area (Å²) in [6, 6.07) is 5.27. The summed E-state index contributed by atoms with van der Waals surface area (Å²) >= 11 is 3.40. The highest BCUT2D eigenvalue weighted by molar-refractivity contribution is 9.10. The third-order valence-electron chi connectivity index (χ3n) is 2.23. The summed E-state index contributed by atoms with van der Waals surface area (Å²) in [7, 11) is 1.62. The Hall–Kier alpha value is -1.07. The molecule has 0 aromatic heterocycles. The Kier molecular flexibility index (Phi) is 5.82. The van der Waals surface area contributed by atoms with Crippen molar-refractivity contribution in [2.24, 2.45) is 0 Å². The van der Waals surface area contributed by atoms with Crippen molar-refractivity contribution in [3.05, 3.63) is 28.2 Å². The van der Waals surface area contributed by atoms with Crippen LogP contribution in [0.2, 0.25) is 0 Å². The summed E-state index contributed by atoms with van der Waals surface area (Å²) in [6.45, 7) is 6.84. The lowest BCUT2D eigenvalue weighted by Gasteiger charge is -2.20. The Labute approximate surface area is 122 Å². The molecule has 0 atom stereocenters. The van der Waals surface area contributed by atoms with Crippen LogP contribution >= 0.6 is 15.9 Å². The number of methoxy groups -OCH3 is 1. The van der Waals surface area contributed by atoms with E-state index in [1.54, 1.807) is 25.3 Å². The molecule has 0 saturated carbocycles. The smallest absolute Gasteiger partial charge is 0.251 e. The number of rotatable bonds is 5. The van der Waals surface area contributed by atoms with Gasteiger partial charge in [-0.15, -0.1) is 0 Å². The van der Waals surface area contributed by atoms with Crippen LogP contribution in [0.15, 0.2) is 22.7 Å². The van der Waals surface area contributed by atoms with E-state index in [1.165, 1.54) is 0 Å². The van der Waals surface area contributed by atoms with Gasteiger partial charge in [-0.1, -0.05) is 0 Å². The van der Waals surface area contributed by atoms with Gasteiger partial charge >= 0.3 is 0 Å². The Morgan fingerprint density at radius 1 is 1.32 bits per heavy atom. The number of carbonyl (C=O) groups excluding carboxylic acids is 1. The highest BCUT2D eigenvalue weighted by Crippen LogP contribution is 2.26. The maximum absolute atomic E-state index is 12.0. The predicted molar refractivity (Wildman–Crippen MR) is 78.7 cm³/mol. The van der Waals surface area contributed by atoms with Crippen LogP contribution in [0.1, 0.15) is 31.1 Å². The van der Waals surface area contributed by atoms with Crippen LogP contribution in [0.4, 0.5) is 0 Å². The zero-order valence-corrected chi connectivity index (χ0v) is 13.3. The van der Waals surface area contributed by atoms with Crippen molar-refractivity contribution >= 4 is 21.8 Å². The number of carbonyl (C=O) groups is 1. The minimum atomic E-state index is -0.253. The highest BCUT2D eigenvalue weighted by atomic mass is 79.9. The average Bonchev–Trinajstić information content (AvgIpc) is 2.29. The molecule has 0 unspecified atom stereocenters. The lowest BCUT2D eigenvalue weighted by Crippen LogP contribution is -2.40. The summed E-state index contributed by atoms with van der Waals surface area (Å²) in [5, 5.41) is 2.91. The molecule has 1 rings (SSSR count). The van der Waals surface area contributed by atoms with Crippen LogP contribution in [0.3, 0.4) is 0 Å². The van der Waals surface area contributed by atoms with Crippen molar-refractivity contribution in [2.75, 3.05) is 20.3 Å². The summed E-state index contributed by atoms with van der Waals surface area (Å²) < 4.78 is 11.2. The fourth-order valence-corrected chi connectivity index (χ4v) is 1.90. The van der Waals surface area contributed by atoms with Gasteiger partial charge in [0.25, 0.3) is 5.91 Å². The molecular weight excluding hydrogens is 310 g/mol. The van der Waals surface area contributed by atoms with E-state index in [-0.39, 0.29) is 11.4 Å². The van der Waals surface area contributed by atoms with Crippen LogP contribution < -0.4 is 10.1 Å². The largest absolute Gasteiger partial charge is 0.490 e. The predicted octanol–water partition coefficient (Wildman–Crippen LogP) is 3.00. The first-order valence-electron chi connectivity index (χ1n) is 6.07. The first-order valence-corrected chi connectivity index (χ1v) is 6.86. The zero-order valence-electron chi connectivity index (χ0n) is 11.7. The summed E-state index contributed by atoms with van der Waals surface area (Å²) in [5.41, 5.74) is 0.345. The number of amides is 1. The van der Waals surface area contributed by atoms with Crippen LogP contribution in [0.25, 0.3) is 0 Å². The molecule has 4 nitrogen and oxygen atoms in total. The summed E-state index contributed by atoms with van der Waals surface area (Å²) in [4.78, 5) is 12.0. The molecule has 1 aromatic rings. The quantitative estimate of drug-likeness (QED) is 0.845. The molecule has 0 radical (unpaired) electrons. The van der Waals surface area contributed by atoms with Gasteiger partial charge in [0.15, 0.2) is 0 Å². The third kappa shape index (κ3) is 5.61. The first-order chi connectivity index (χ1) is 8.83. The number of hydrogen-bond acceptors (Lipinski definition) is 3. The molecule has 1 aromatic carbocycles. The summed E-state index contributed by atoms with van der Waals surface area (Å²) in [6.07, 6.45) is 0. The Morgan fingerprint density at radius 2 is 2.00 bits per heavy atom. The summed E-state index contributed by atoms with van der Waals surface area (Å²) in [5.74, 6) is 0.598. The van der Waals surface area contributed by atoms with E-state index in [9.17, 15) is 4.79 Å². The normalized spacial score (nSPS) is 11.2. The van der Waals surface area contributed by atoms with Crippen LogP contribution in [0, 0.1) is 0 Å². The number of benzene rings is 1. The van der Waals surface area contributed by atoms with E-state index in [0.29, 0.717) is 24.5 Å². The van der Waals surface area contributed by atoms with E-state index in [2.05, 4.69) is 21.2 Å². The molecule has 106 valence electrons. The van der Waals surface area contributed by atoms with Crippen LogP contribution in [-0.4, -0.2) is 31.8 Å². The molecule has 0 aliphatic rings. The van der Waals surface area contributed by atoms with Crippen LogP contribution in [0.5, 0.6) is 5.75 Å². The highest BCUT2D eigenvalue weighted by Gasteiger charge is 2.16. The van der Waals surface area contributed by atoms with Gasteiger partial charge in [0.05, 0.1) is 11.1 Å². The van der Waals surface area contributed by atoms with Gasteiger partial charge in [-0.2, -0.15) is 0 Å². The standard InChI is InChI=1S/C14H20BrNO3/c1-14(2,3)16-13(17)10-5-6-12(11(15)9-10)19-8-7-18-4/h5-6,9H,7-8H2,1-4H3,(H,16,17). The monoisotopic (exact) mass is 329 g/mol. The molecule has 1 N–H and O–H groups in total. The second kappa shape index (κ2) is 6.91. The Bertz CT molecular complexity index is 441. The molecule has 0 spiro atoms. The van der Waals surface area contributed by atoms with Gasteiger partial charge in [-0.25, -0.2) is 0 Å². The fourth-order valence-electron chi connectivity index (χ4n) is 1.41. The maximum Gasteiger partial charge on any atom is 0.251 e. The van der Waals surface area contributed by atoms with Gasteiger partial charge in [0.2, 0.25) is 0 Å². The molecule has 1 amide bonds. The van der Waals surface area contributed by atoms with Crippen LogP contribution in [-0.2, 0) is 4.74 Å². The lowest BCUT2D eigenvalue weighted by molar-refractivity contribution is 0.0919. The van der Waals surface area contributed by atoms with E-state index in [4.69, 9.17) is 9.47 Å². The molecule has 5 heteroatoms. The second-order valence-electron chi connectivity index (χ2n) is 5.19. The SMILES string of the molecule is COCCOc1ccc(C(=O)NC(C)(C)C)cc1Br. The average molecular weight is 330 g/mol. The molecule has 0 aliphatic heterocycles. The molecule has 0 fully saturated rings. The minimum absolute atomic E-state index is 0.100. The zero-order chi connectivity index (χ0) is 14.5. The number of nitrogens with one attached hydrogen (secondary N) is 1. The Morgan fingerprint density at radius 3 is 2.53 bits per heavy atom. The minimum Gasteiger partial charge on any atom is -0.490 e. The second-order valence-corrected chi connectivity index (χ2v) is 6.04. The fraction of sp³-hybridized carbons (Fsp3) is 0.500. The van der Waals surface area contributed by atoms with Crippen molar-refractivity contribution < 1.29 is 14.3 Å². The number of hydrogen-bond donors (Lipinski definition) is 1. The maximum atomic E-state index is 12.0. The van der Waals surface area contributed by atoms with Crippen molar-refractivity contribution in [3.8, 4) is 5.75 Å². The molecule has 0 bridgehead atoms. The molecular formula is C14H20BrNO3. The molecule has 19 heavy (non-hydrogen) atoms. The molecule has 0 saturated heterocycles. The number of ether oxygens (including phenoxy) is 2. The van der Waals surface area contributed by atoms with Crippen molar-refractivity contribution in [2.45, 2.75) is 26.3 Å². The Balaban J connectivity index is 2.73. The number of halogens is 1. The van der Waals surface area contributed by atoms with E-state index < -0.39 is 0 Å². The van der Waals surface area contributed by atoms with Gasteiger partial charge in [0.1, 0.15) is 12.4 Å². The first kappa shape index (κ1) is 16.0. The van der Waals surface area contributed by atoms with Crippen molar-refractivity contribution in [3.63, 3.8) is 0 Å². The van der Waals surface area contributed by atoms with Crippen molar-refractivity contribution in [1.82, 2.24) is 5.32 Å². The van der Waals surface area contributed by atoms with E-state index in [0.717, 1.165) is 4.47 Å². The van der Waals surface area contributed by atoms with E-state index >= 15 is 0 Å². The molecule has 0 heterocycles.